The van der Waals surface area contributed by atoms with Crippen molar-refractivity contribution in [1.82, 2.24) is 5.01 Å². The largest absolute Gasteiger partial charge is 0.857 e. The first-order valence-corrected chi connectivity index (χ1v) is 9.51. The fourth-order valence-corrected chi connectivity index (χ4v) is 3.63. The Labute approximate surface area is 154 Å². The molecule has 10 heteroatoms. The first kappa shape index (κ1) is 19.1. The van der Waals surface area contributed by atoms with E-state index in [0.717, 1.165) is 12.1 Å². The molecule has 144 valence electrons. The number of hydrazone groups is 1. The van der Waals surface area contributed by atoms with Crippen molar-refractivity contribution in [3.05, 3.63) is 59.7 Å². The van der Waals surface area contributed by atoms with Gasteiger partial charge in [-0.25, -0.2) is 17.2 Å². The summed E-state index contributed by atoms with van der Waals surface area (Å²) in [6, 6.07) is 7.96. The molecule has 1 saturated heterocycles. The zero-order valence-corrected chi connectivity index (χ0v) is 14.9. The average molecular weight is 396 g/mol. The molecular weight excluding hydrogens is 380 g/mol. The molecule has 7 nitrogen and oxygen atoms in total. The number of nitrogens with one attached hydrogen (secondary N) is 1. The van der Waals surface area contributed by atoms with Crippen LogP contribution in [0.4, 0.5) is 14.5 Å². The molecular formula is C17H16F2N3O4S-. The number of para-hydroxylation sites is 1. The quantitative estimate of drug-likeness (QED) is 0.604. The minimum Gasteiger partial charge on any atom is -0.857 e. The molecule has 0 saturated carbocycles. The minimum absolute atomic E-state index is 0.00934. The highest BCUT2D eigenvalue weighted by Crippen LogP contribution is 2.22. The van der Waals surface area contributed by atoms with Crippen LogP contribution in [0.1, 0.15) is 5.56 Å². The van der Waals surface area contributed by atoms with Gasteiger partial charge in [-0.3, -0.25) is 9.73 Å². The van der Waals surface area contributed by atoms with Crippen LogP contribution in [0.3, 0.4) is 0 Å². The molecule has 1 aliphatic rings. The summed E-state index contributed by atoms with van der Waals surface area (Å²) in [7, 11) is -4.37. The summed E-state index contributed by atoms with van der Waals surface area (Å²) in [6.45, 7) is 1.77. The van der Waals surface area contributed by atoms with Crippen LogP contribution in [-0.4, -0.2) is 45.6 Å². The molecule has 1 aliphatic heterocycles. The fourth-order valence-electron chi connectivity index (χ4n) is 2.49. The monoisotopic (exact) mass is 396 g/mol. The van der Waals surface area contributed by atoms with Crippen molar-refractivity contribution in [2.24, 2.45) is 5.10 Å². The first-order valence-electron chi connectivity index (χ1n) is 8.02. The molecule has 2 aromatic rings. The van der Waals surface area contributed by atoms with Crippen LogP contribution in [-0.2, 0) is 14.8 Å². The SMILES string of the molecule is O=S(=O)(Nc1ccccc1C([O-])=NN1CCOCC1)c1ccc(F)cc1F. The van der Waals surface area contributed by atoms with Crippen LogP contribution in [0.15, 0.2) is 52.5 Å². The topological polar surface area (TPSA) is 94.1 Å². The van der Waals surface area contributed by atoms with E-state index in [2.05, 4.69) is 9.82 Å². The molecule has 0 spiro atoms. The lowest BCUT2D eigenvalue weighted by atomic mass is 10.2. The molecule has 0 aromatic heterocycles. The van der Waals surface area contributed by atoms with Gasteiger partial charge in [0.15, 0.2) is 0 Å². The van der Waals surface area contributed by atoms with E-state index in [4.69, 9.17) is 4.74 Å². The molecule has 1 heterocycles. The first-order chi connectivity index (χ1) is 12.9. The van der Waals surface area contributed by atoms with Crippen molar-refractivity contribution in [3.63, 3.8) is 0 Å². The van der Waals surface area contributed by atoms with Gasteiger partial charge in [0.2, 0.25) is 0 Å². The molecule has 27 heavy (non-hydrogen) atoms. The number of benzene rings is 2. The van der Waals surface area contributed by atoms with E-state index in [0.29, 0.717) is 32.4 Å². The van der Waals surface area contributed by atoms with Gasteiger partial charge in [-0.15, -0.1) is 0 Å². The number of sulfonamides is 1. The van der Waals surface area contributed by atoms with E-state index in [9.17, 15) is 22.3 Å². The summed E-state index contributed by atoms with van der Waals surface area (Å²) in [5.41, 5.74) is -0.0432. The van der Waals surface area contributed by atoms with Crippen molar-refractivity contribution in [3.8, 4) is 0 Å². The highest BCUT2D eigenvalue weighted by atomic mass is 32.2. The van der Waals surface area contributed by atoms with Crippen molar-refractivity contribution >= 4 is 21.6 Å². The third kappa shape index (κ3) is 4.52. The smallest absolute Gasteiger partial charge is 0.264 e. The van der Waals surface area contributed by atoms with Crippen LogP contribution in [0.25, 0.3) is 0 Å². The third-order valence-electron chi connectivity index (χ3n) is 3.80. The molecule has 1 fully saturated rings. The van der Waals surface area contributed by atoms with Gasteiger partial charge in [0.25, 0.3) is 10.0 Å². The highest BCUT2D eigenvalue weighted by Gasteiger charge is 2.21. The van der Waals surface area contributed by atoms with E-state index in [1.54, 1.807) is 6.07 Å². The molecule has 0 amide bonds. The van der Waals surface area contributed by atoms with E-state index >= 15 is 0 Å². The Balaban J connectivity index is 1.90. The van der Waals surface area contributed by atoms with E-state index in [1.807, 2.05) is 0 Å². The lowest BCUT2D eigenvalue weighted by Gasteiger charge is -2.27. The zero-order chi connectivity index (χ0) is 19.4. The van der Waals surface area contributed by atoms with Gasteiger partial charge in [-0.2, -0.15) is 5.10 Å². The summed E-state index contributed by atoms with van der Waals surface area (Å²) >= 11 is 0. The average Bonchev–Trinajstić information content (AvgIpc) is 2.62. The predicted octanol–water partition coefficient (Wildman–Crippen LogP) is 1.12. The van der Waals surface area contributed by atoms with Gasteiger partial charge in [0.1, 0.15) is 16.5 Å². The maximum atomic E-state index is 13.9. The Morgan fingerprint density at radius 1 is 1.15 bits per heavy atom. The van der Waals surface area contributed by atoms with Gasteiger partial charge >= 0.3 is 0 Å². The van der Waals surface area contributed by atoms with Gasteiger partial charge in [0.05, 0.1) is 32.0 Å². The van der Waals surface area contributed by atoms with E-state index in [-0.39, 0.29) is 11.3 Å². The third-order valence-corrected chi connectivity index (χ3v) is 5.20. The molecule has 1 N–H and O–H groups in total. The van der Waals surface area contributed by atoms with Crippen LogP contribution >= 0.6 is 0 Å². The number of hydrogen-bond acceptors (Lipinski definition) is 6. The summed E-state index contributed by atoms with van der Waals surface area (Å²) in [4.78, 5) is -0.726. The summed E-state index contributed by atoms with van der Waals surface area (Å²) in [5.74, 6) is -2.77. The molecule has 0 atom stereocenters. The number of halogens is 2. The van der Waals surface area contributed by atoms with E-state index < -0.39 is 32.5 Å². The lowest BCUT2D eigenvalue weighted by molar-refractivity contribution is -0.215. The maximum absolute atomic E-state index is 13.9. The normalized spacial score (nSPS) is 15.6. The standard InChI is InChI=1S/C17H17F2N3O4S/c18-12-5-6-16(14(19)11-12)27(24,25)21-15-4-2-1-3-13(15)17(23)20-22-7-9-26-10-8-22/h1-6,11,21H,7-10H2,(H,20,23)/p-1. The summed E-state index contributed by atoms with van der Waals surface area (Å²) in [6.07, 6.45) is 0. The maximum Gasteiger partial charge on any atom is 0.264 e. The van der Waals surface area contributed by atoms with Crippen LogP contribution in [0.5, 0.6) is 0 Å². The lowest BCUT2D eigenvalue weighted by Crippen LogP contribution is -2.35. The zero-order valence-electron chi connectivity index (χ0n) is 14.1. The van der Waals surface area contributed by atoms with Crippen molar-refractivity contribution in [2.45, 2.75) is 4.90 Å². The Kier molecular flexibility index (Phi) is 5.57. The Morgan fingerprint density at radius 3 is 2.56 bits per heavy atom. The molecule has 2 aromatic carbocycles. The van der Waals surface area contributed by atoms with Crippen molar-refractivity contribution < 1.29 is 27.0 Å². The molecule has 3 rings (SSSR count). The number of hydrogen-bond donors (Lipinski definition) is 1. The highest BCUT2D eigenvalue weighted by molar-refractivity contribution is 7.92. The fraction of sp³-hybridized carbons (Fsp3) is 0.235. The number of ether oxygens (including phenoxy) is 1. The second-order valence-corrected chi connectivity index (χ2v) is 7.35. The van der Waals surface area contributed by atoms with Gasteiger partial charge in [0, 0.05) is 17.5 Å². The van der Waals surface area contributed by atoms with Gasteiger partial charge in [-0.1, -0.05) is 18.2 Å². The van der Waals surface area contributed by atoms with Crippen molar-refractivity contribution in [2.75, 3.05) is 31.0 Å². The minimum atomic E-state index is -4.37. The predicted molar refractivity (Wildman–Crippen MR) is 92.5 cm³/mol. The van der Waals surface area contributed by atoms with Crippen LogP contribution in [0.2, 0.25) is 0 Å². The number of morpholine rings is 1. The second-order valence-electron chi connectivity index (χ2n) is 5.70. The summed E-state index contributed by atoms with van der Waals surface area (Å²) in [5, 5.41) is 18.0. The Hall–Kier alpha value is -2.72. The molecule has 0 bridgehead atoms. The Morgan fingerprint density at radius 2 is 1.85 bits per heavy atom. The van der Waals surface area contributed by atoms with Crippen LogP contribution < -0.4 is 9.83 Å². The summed E-state index contributed by atoms with van der Waals surface area (Å²) < 4.78 is 59.1. The van der Waals surface area contributed by atoms with E-state index in [1.165, 1.54) is 23.2 Å². The number of rotatable bonds is 5. The van der Waals surface area contributed by atoms with Gasteiger partial charge < -0.3 is 9.84 Å². The number of nitrogens with zero attached hydrogens (tertiary/aromatic N) is 2. The second kappa shape index (κ2) is 7.89. The van der Waals surface area contributed by atoms with Crippen LogP contribution in [0, 0.1) is 11.6 Å². The molecule has 0 aliphatic carbocycles. The molecule has 0 radical (unpaired) electrons. The Bertz CT molecular complexity index is 960. The molecule has 0 unspecified atom stereocenters. The van der Waals surface area contributed by atoms with Gasteiger partial charge in [-0.05, 0) is 18.2 Å². The number of anilines is 1. The van der Waals surface area contributed by atoms with Crippen molar-refractivity contribution in [1.29, 1.82) is 0 Å².